The molecule has 2 aromatic rings. The van der Waals surface area contributed by atoms with Crippen molar-refractivity contribution in [1.29, 1.82) is 0 Å². The molecule has 126 valence electrons. The third-order valence-electron chi connectivity index (χ3n) is 3.50. The van der Waals surface area contributed by atoms with Gasteiger partial charge in [-0.3, -0.25) is 0 Å². The van der Waals surface area contributed by atoms with E-state index in [2.05, 4.69) is 9.53 Å². The van der Waals surface area contributed by atoms with Crippen molar-refractivity contribution < 1.29 is 32.6 Å². The fourth-order valence-electron chi connectivity index (χ4n) is 2.42. The van der Waals surface area contributed by atoms with Crippen molar-refractivity contribution in [2.45, 2.75) is 18.7 Å². The second kappa shape index (κ2) is 6.43. The summed E-state index contributed by atoms with van der Waals surface area (Å²) in [4.78, 5) is 14.2. The van der Waals surface area contributed by atoms with Gasteiger partial charge in [-0.15, -0.1) is 0 Å². The van der Waals surface area contributed by atoms with Gasteiger partial charge in [0.15, 0.2) is 0 Å². The quantitative estimate of drug-likeness (QED) is 0.403. The molecule has 0 saturated heterocycles. The van der Waals surface area contributed by atoms with Gasteiger partial charge in [-0.05, 0) is 17.7 Å². The Bertz CT molecular complexity index is 823. The zero-order valence-electron chi connectivity index (χ0n) is 12.5. The molecule has 0 aliphatic carbocycles. The molecule has 5 nitrogen and oxygen atoms in total. The number of carbonyl (C=O) groups excluding carboxylic acids is 1. The fraction of sp³-hybridized carbons (Fsp3) is 0.250. The van der Waals surface area contributed by atoms with Gasteiger partial charge >= 0.3 is 17.9 Å². The number of alkyl halides is 3. The number of rotatable bonds is 4. The van der Waals surface area contributed by atoms with Gasteiger partial charge in [0.1, 0.15) is 0 Å². The van der Waals surface area contributed by atoms with Crippen LogP contribution in [0.4, 0.5) is 13.2 Å². The molecule has 0 aliphatic rings. The molecular weight excluding hydrogens is 325 g/mol. The Hall–Kier alpha value is -2.70. The molecule has 8 heteroatoms. The van der Waals surface area contributed by atoms with Crippen LogP contribution in [-0.4, -0.2) is 34.4 Å². The number of nitrogens with zero attached hydrogens (tertiary/aromatic N) is 2. The monoisotopic (exact) mass is 338 g/mol. The largest absolute Gasteiger partial charge is 0.457 e. The van der Waals surface area contributed by atoms with Crippen LogP contribution in [0.3, 0.4) is 0 Å². The summed E-state index contributed by atoms with van der Waals surface area (Å²) >= 11 is 0. The third kappa shape index (κ3) is 2.77. The maximum absolute atomic E-state index is 13.7. The Morgan fingerprint density at radius 1 is 1.21 bits per heavy atom. The Morgan fingerprint density at radius 2 is 1.83 bits per heavy atom. The number of benzene rings is 2. The van der Waals surface area contributed by atoms with Crippen molar-refractivity contribution in [2.24, 2.45) is 0 Å². The van der Waals surface area contributed by atoms with Crippen molar-refractivity contribution in [3.63, 3.8) is 0 Å². The van der Waals surface area contributed by atoms with E-state index in [1.54, 1.807) is 18.2 Å². The first-order valence-corrected chi connectivity index (χ1v) is 6.94. The van der Waals surface area contributed by atoms with Crippen LogP contribution in [0, 0.1) is 0 Å². The summed E-state index contributed by atoms with van der Waals surface area (Å²) in [6.07, 6.45) is -5.33. The summed E-state index contributed by atoms with van der Waals surface area (Å²) < 4.78 is 45.6. The molecule has 0 amide bonds. The molecule has 2 rings (SSSR count). The summed E-state index contributed by atoms with van der Waals surface area (Å²) in [5.74, 6) is -1.56. The van der Waals surface area contributed by atoms with Gasteiger partial charge in [0.25, 0.3) is 5.60 Å². The summed E-state index contributed by atoms with van der Waals surface area (Å²) in [7, 11) is 0. The molecule has 1 atom stereocenters. The zero-order valence-corrected chi connectivity index (χ0v) is 12.5. The lowest BCUT2D eigenvalue weighted by molar-refractivity contribution is -0.246. The smallest absolute Gasteiger partial charge is 0.433 e. The molecule has 0 bridgehead atoms. The topological polar surface area (TPSA) is 82.9 Å². The highest BCUT2D eigenvalue weighted by Gasteiger charge is 2.67. The van der Waals surface area contributed by atoms with Gasteiger partial charge < -0.3 is 15.4 Å². The van der Waals surface area contributed by atoms with Gasteiger partial charge in [-0.1, -0.05) is 42.5 Å². The SMILES string of the molecule is CCOC(=O)C(=[N+]=[N-])C(O)(c1cccc2ccccc12)C(F)(F)F. The first-order chi connectivity index (χ1) is 11.3. The highest BCUT2D eigenvalue weighted by Crippen LogP contribution is 2.42. The van der Waals surface area contributed by atoms with Crippen LogP contribution in [0.1, 0.15) is 12.5 Å². The van der Waals surface area contributed by atoms with E-state index in [0.717, 1.165) is 6.07 Å². The standard InChI is InChI=1S/C16H13F3N2O3/c1-2-24-14(22)13(21-20)15(23,16(17,18)19)12-9-5-7-10-6-3-4-8-11(10)12/h3-9,23H,2H2,1H3. The Kier molecular flexibility index (Phi) is 4.73. The van der Waals surface area contributed by atoms with Gasteiger partial charge in [-0.25, -0.2) is 4.79 Å². The minimum atomic E-state index is -5.33. The van der Waals surface area contributed by atoms with Gasteiger partial charge in [0.05, 0.1) is 6.61 Å². The average molecular weight is 338 g/mol. The number of hydrogen-bond acceptors (Lipinski definition) is 3. The first kappa shape index (κ1) is 17.7. The summed E-state index contributed by atoms with van der Waals surface area (Å²) in [5.41, 5.74) is 2.98. The molecule has 1 unspecified atom stereocenters. The van der Waals surface area contributed by atoms with Crippen LogP contribution < -0.4 is 0 Å². The summed E-state index contributed by atoms with van der Waals surface area (Å²) in [5, 5.41) is 10.9. The molecule has 0 aromatic heterocycles. The number of fused-ring (bicyclic) bond motifs is 1. The molecule has 0 aliphatic heterocycles. The predicted octanol–water partition coefficient (Wildman–Crippen LogP) is 2.82. The van der Waals surface area contributed by atoms with Crippen LogP contribution in [0.2, 0.25) is 0 Å². The van der Waals surface area contributed by atoms with E-state index < -0.39 is 29.0 Å². The highest BCUT2D eigenvalue weighted by atomic mass is 19.4. The Balaban J connectivity index is 2.82. The highest BCUT2D eigenvalue weighted by molar-refractivity contribution is 6.37. The average Bonchev–Trinajstić information content (AvgIpc) is 2.54. The predicted molar refractivity (Wildman–Crippen MR) is 79.2 cm³/mol. The van der Waals surface area contributed by atoms with E-state index in [-0.39, 0.29) is 12.0 Å². The minimum Gasteiger partial charge on any atom is -0.457 e. The van der Waals surface area contributed by atoms with Crippen molar-refractivity contribution in [2.75, 3.05) is 6.61 Å². The van der Waals surface area contributed by atoms with E-state index in [4.69, 9.17) is 5.53 Å². The maximum Gasteiger partial charge on any atom is 0.433 e. The number of aliphatic hydroxyl groups is 1. The second-order valence-corrected chi connectivity index (χ2v) is 4.90. The first-order valence-electron chi connectivity index (χ1n) is 6.94. The van der Waals surface area contributed by atoms with Gasteiger partial charge in [0.2, 0.25) is 0 Å². The van der Waals surface area contributed by atoms with Crippen molar-refractivity contribution in [1.82, 2.24) is 0 Å². The van der Waals surface area contributed by atoms with Crippen LogP contribution in [0.5, 0.6) is 0 Å². The van der Waals surface area contributed by atoms with E-state index >= 15 is 0 Å². The molecule has 1 N–H and O–H groups in total. The summed E-state index contributed by atoms with van der Waals surface area (Å²) in [6.45, 7) is 1.12. The molecule has 2 aromatic carbocycles. The van der Waals surface area contributed by atoms with Crippen LogP contribution in [0.25, 0.3) is 16.3 Å². The van der Waals surface area contributed by atoms with E-state index in [1.807, 2.05) is 0 Å². The van der Waals surface area contributed by atoms with Crippen LogP contribution >= 0.6 is 0 Å². The minimum absolute atomic E-state index is 0.0604. The number of ether oxygens (including phenoxy) is 1. The van der Waals surface area contributed by atoms with Crippen LogP contribution in [0.15, 0.2) is 42.5 Å². The summed E-state index contributed by atoms with van der Waals surface area (Å²) in [6, 6.07) is 9.88. The normalized spacial score (nSPS) is 13.9. The van der Waals surface area contributed by atoms with Gasteiger partial charge in [-0.2, -0.15) is 18.0 Å². The third-order valence-corrected chi connectivity index (χ3v) is 3.50. The lowest BCUT2D eigenvalue weighted by Gasteiger charge is -2.27. The fourth-order valence-corrected chi connectivity index (χ4v) is 2.42. The Morgan fingerprint density at radius 3 is 2.42 bits per heavy atom. The van der Waals surface area contributed by atoms with E-state index in [1.165, 1.54) is 25.1 Å². The van der Waals surface area contributed by atoms with Crippen molar-refractivity contribution in [3.05, 3.63) is 53.6 Å². The van der Waals surface area contributed by atoms with Crippen molar-refractivity contribution >= 4 is 22.5 Å². The Labute approximate surface area is 134 Å². The lowest BCUT2D eigenvalue weighted by Crippen LogP contribution is -2.53. The number of hydrogen-bond donors (Lipinski definition) is 1. The number of esters is 1. The molecule has 24 heavy (non-hydrogen) atoms. The zero-order chi connectivity index (χ0) is 18.0. The maximum atomic E-state index is 13.7. The van der Waals surface area contributed by atoms with Crippen molar-refractivity contribution in [3.8, 4) is 0 Å². The van der Waals surface area contributed by atoms with Crippen LogP contribution in [-0.2, 0) is 15.1 Å². The number of halogens is 3. The number of carbonyl (C=O) groups is 1. The molecule has 0 spiro atoms. The van der Waals surface area contributed by atoms with Gasteiger partial charge in [0, 0.05) is 5.56 Å². The molecule has 0 saturated carbocycles. The molecule has 0 heterocycles. The molecular formula is C16H13F3N2O3. The van der Waals surface area contributed by atoms with E-state index in [9.17, 15) is 23.1 Å². The second-order valence-electron chi connectivity index (χ2n) is 4.90. The lowest BCUT2D eigenvalue weighted by atomic mass is 9.84. The molecule has 0 fully saturated rings. The molecule has 0 radical (unpaired) electrons. The van der Waals surface area contributed by atoms with E-state index in [0.29, 0.717) is 5.39 Å².